The highest BCUT2D eigenvalue weighted by atomic mass is 19.1. The molecule has 2 fully saturated rings. The molecule has 21 heavy (non-hydrogen) atoms. The van der Waals surface area contributed by atoms with Crippen LogP contribution in [0.3, 0.4) is 0 Å². The van der Waals surface area contributed by atoms with Crippen molar-refractivity contribution in [3.63, 3.8) is 0 Å². The monoisotopic (exact) mass is 295 g/mol. The molecule has 1 saturated heterocycles. The van der Waals surface area contributed by atoms with Crippen LogP contribution in [0.25, 0.3) is 0 Å². The number of anilines is 1. The van der Waals surface area contributed by atoms with Gasteiger partial charge in [-0.3, -0.25) is 9.59 Å². The van der Waals surface area contributed by atoms with Crippen LogP contribution in [0.4, 0.5) is 14.5 Å². The lowest BCUT2D eigenvalue weighted by atomic mass is 10.00. The van der Waals surface area contributed by atoms with Crippen LogP contribution in [0.2, 0.25) is 0 Å². The Bertz CT molecular complexity index is 651. The third kappa shape index (κ3) is 1.91. The molecule has 1 heterocycles. The van der Waals surface area contributed by atoms with Crippen molar-refractivity contribution >= 4 is 23.5 Å². The molecule has 1 aliphatic carbocycles. The summed E-state index contributed by atoms with van der Waals surface area (Å²) >= 11 is 0. The van der Waals surface area contributed by atoms with Gasteiger partial charge in [-0.1, -0.05) is 6.42 Å². The number of carboxylic acids is 1. The Kier molecular flexibility index (Phi) is 3.00. The van der Waals surface area contributed by atoms with Crippen LogP contribution in [-0.2, 0) is 9.59 Å². The zero-order chi connectivity index (χ0) is 15.3. The normalized spacial score (nSPS) is 24.6. The van der Waals surface area contributed by atoms with Gasteiger partial charge in [0.15, 0.2) is 0 Å². The van der Waals surface area contributed by atoms with Gasteiger partial charge in [-0.15, -0.1) is 0 Å². The summed E-state index contributed by atoms with van der Waals surface area (Å²) in [4.78, 5) is 36.0. The molecule has 2 amide bonds. The maximum atomic E-state index is 13.9. The molecule has 5 nitrogen and oxygen atoms in total. The summed E-state index contributed by atoms with van der Waals surface area (Å²) in [6, 6.07) is 1.08. The number of rotatable bonds is 2. The largest absolute Gasteiger partial charge is 0.478 e. The maximum absolute atomic E-state index is 13.9. The second-order valence-electron chi connectivity index (χ2n) is 5.24. The topological polar surface area (TPSA) is 74.7 Å². The van der Waals surface area contributed by atoms with Crippen LogP contribution in [0, 0.1) is 23.5 Å². The summed E-state index contributed by atoms with van der Waals surface area (Å²) < 4.78 is 27.3. The zero-order valence-electron chi connectivity index (χ0n) is 10.8. The number of benzene rings is 1. The van der Waals surface area contributed by atoms with Crippen LogP contribution in [0.15, 0.2) is 12.1 Å². The third-order valence-electron chi connectivity index (χ3n) is 4.10. The van der Waals surface area contributed by atoms with Crippen molar-refractivity contribution in [3.8, 4) is 0 Å². The molecule has 0 aromatic heterocycles. The van der Waals surface area contributed by atoms with Gasteiger partial charge < -0.3 is 5.11 Å². The average Bonchev–Trinajstić information content (AvgIpc) is 2.96. The highest BCUT2D eigenvalue weighted by Crippen LogP contribution is 2.42. The van der Waals surface area contributed by atoms with Crippen molar-refractivity contribution in [2.45, 2.75) is 19.3 Å². The van der Waals surface area contributed by atoms with E-state index >= 15 is 0 Å². The first kappa shape index (κ1) is 13.7. The van der Waals surface area contributed by atoms with E-state index in [1.165, 1.54) is 0 Å². The Balaban J connectivity index is 2.08. The number of carboxylic acid groups (broad SMARTS) is 1. The van der Waals surface area contributed by atoms with Gasteiger partial charge in [0.2, 0.25) is 11.8 Å². The summed E-state index contributed by atoms with van der Waals surface area (Å²) in [6.07, 6.45) is 1.87. The Morgan fingerprint density at radius 3 is 2.19 bits per heavy atom. The summed E-state index contributed by atoms with van der Waals surface area (Å²) in [6.45, 7) is 0. The Morgan fingerprint density at radius 1 is 1.10 bits per heavy atom. The number of amides is 2. The molecule has 7 heteroatoms. The van der Waals surface area contributed by atoms with E-state index in [1.807, 2.05) is 0 Å². The first-order valence-electron chi connectivity index (χ1n) is 6.52. The number of hydrogen-bond acceptors (Lipinski definition) is 3. The number of fused-ring (bicyclic) bond motifs is 1. The second-order valence-corrected chi connectivity index (χ2v) is 5.24. The van der Waals surface area contributed by atoms with Crippen molar-refractivity contribution in [1.82, 2.24) is 0 Å². The minimum absolute atomic E-state index is 0.382. The highest BCUT2D eigenvalue weighted by Gasteiger charge is 2.51. The van der Waals surface area contributed by atoms with Gasteiger partial charge in [0.1, 0.15) is 11.6 Å². The van der Waals surface area contributed by atoms with Crippen LogP contribution < -0.4 is 4.90 Å². The third-order valence-corrected chi connectivity index (χ3v) is 4.10. The lowest BCUT2D eigenvalue weighted by molar-refractivity contribution is -0.122. The zero-order valence-corrected chi connectivity index (χ0v) is 10.8. The number of carbonyl (C=O) groups excluding carboxylic acids is 2. The SMILES string of the molecule is O=C(O)c1cc(N2C(=O)C3CCCC3C2=O)c(F)cc1F. The summed E-state index contributed by atoms with van der Waals surface area (Å²) in [5.74, 6) is -5.99. The fourth-order valence-electron chi connectivity index (χ4n) is 3.10. The molecular formula is C14H11F2NO4. The minimum Gasteiger partial charge on any atom is -0.478 e. The Hall–Kier alpha value is -2.31. The van der Waals surface area contributed by atoms with Gasteiger partial charge in [-0.25, -0.2) is 18.5 Å². The number of halogens is 2. The first-order valence-corrected chi connectivity index (χ1v) is 6.52. The molecule has 1 aromatic carbocycles. The van der Waals surface area contributed by atoms with Crippen molar-refractivity contribution in [2.24, 2.45) is 11.8 Å². The Morgan fingerprint density at radius 2 is 1.67 bits per heavy atom. The molecule has 2 aliphatic rings. The second kappa shape index (κ2) is 4.61. The summed E-state index contributed by atoms with van der Waals surface area (Å²) in [5.41, 5.74) is -1.26. The van der Waals surface area contributed by atoms with Crippen LogP contribution in [0.5, 0.6) is 0 Å². The molecule has 0 bridgehead atoms. The van der Waals surface area contributed by atoms with E-state index < -0.39 is 52.5 Å². The molecule has 0 spiro atoms. The van der Waals surface area contributed by atoms with Crippen molar-refractivity contribution in [2.75, 3.05) is 4.90 Å². The van der Waals surface area contributed by atoms with Crippen LogP contribution >= 0.6 is 0 Å². The van der Waals surface area contributed by atoms with E-state index in [0.717, 1.165) is 6.42 Å². The fraction of sp³-hybridized carbons (Fsp3) is 0.357. The van der Waals surface area contributed by atoms with E-state index in [2.05, 4.69) is 0 Å². The number of carbonyl (C=O) groups is 3. The molecule has 2 atom stereocenters. The van der Waals surface area contributed by atoms with Crippen molar-refractivity contribution in [1.29, 1.82) is 0 Å². The molecule has 1 saturated carbocycles. The molecule has 2 unspecified atom stereocenters. The Labute approximate surface area is 118 Å². The van der Waals surface area contributed by atoms with Crippen molar-refractivity contribution in [3.05, 3.63) is 29.3 Å². The van der Waals surface area contributed by atoms with E-state index in [1.54, 1.807) is 0 Å². The molecule has 0 radical (unpaired) electrons. The van der Waals surface area contributed by atoms with E-state index in [4.69, 9.17) is 5.11 Å². The van der Waals surface area contributed by atoms with E-state index in [0.29, 0.717) is 29.9 Å². The number of aromatic carboxylic acids is 1. The molecular weight excluding hydrogens is 284 g/mol. The molecule has 1 aliphatic heterocycles. The van der Waals surface area contributed by atoms with Gasteiger partial charge in [-0.2, -0.15) is 0 Å². The molecule has 1 N–H and O–H groups in total. The predicted octanol–water partition coefficient (Wildman–Crippen LogP) is 1.95. The predicted molar refractivity (Wildman–Crippen MR) is 66.6 cm³/mol. The van der Waals surface area contributed by atoms with Gasteiger partial charge in [-0.05, 0) is 18.9 Å². The quantitative estimate of drug-likeness (QED) is 0.846. The maximum Gasteiger partial charge on any atom is 0.338 e. The smallest absolute Gasteiger partial charge is 0.338 e. The summed E-state index contributed by atoms with van der Waals surface area (Å²) in [5, 5.41) is 8.87. The van der Waals surface area contributed by atoms with Crippen LogP contribution in [0.1, 0.15) is 29.6 Å². The van der Waals surface area contributed by atoms with E-state index in [-0.39, 0.29) is 0 Å². The lowest BCUT2D eigenvalue weighted by Crippen LogP contribution is -2.32. The van der Waals surface area contributed by atoms with Gasteiger partial charge in [0, 0.05) is 6.07 Å². The molecule has 110 valence electrons. The standard InChI is InChI=1S/C14H11F2NO4/c15-9-5-10(16)11(4-8(9)14(20)21)17-12(18)6-2-1-3-7(6)13(17)19/h4-7H,1-3H2,(H,20,21). The van der Waals surface area contributed by atoms with Gasteiger partial charge >= 0.3 is 5.97 Å². The number of hydrogen-bond donors (Lipinski definition) is 1. The van der Waals surface area contributed by atoms with Gasteiger partial charge in [0.25, 0.3) is 0 Å². The minimum atomic E-state index is -1.59. The highest BCUT2D eigenvalue weighted by molar-refractivity contribution is 6.22. The number of imide groups is 1. The first-order chi connectivity index (χ1) is 9.91. The van der Waals surface area contributed by atoms with Crippen LogP contribution in [-0.4, -0.2) is 22.9 Å². The van der Waals surface area contributed by atoms with Crippen molar-refractivity contribution < 1.29 is 28.3 Å². The van der Waals surface area contributed by atoms with E-state index in [9.17, 15) is 23.2 Å². The molecule has 1 aromatic rings. The number of nitrogens with zero attached hydrogens (tertiary/aromatic N) is 1. The summed E-state index contributed by atoms with van der Waals surface area (Å²) in [7, 11) is 0. The lowest BCUT2D eigenvalue weighted by Gasteiger charge is -2.17. The molecule has 3 rings (SSSR count). The fourth-order valence-corrected chi connectivity index (χ4v) is 3.10. The van der Waals surface area contributed by atoms with Gasteiger partial charge in [0.05, 0.1) is 23.1 Å². The average molecular weight is 295 g/mol.